The first-order chi connectivity index (χ1) is 6.60. The largest absolute Gasteiger partial charge is 0.471 e. The summed E-state index contributed by atoms with van der Waals surface area (Å²) in [5, 5.41) is 1.52. The van der Waals surface area contributed by atoms with Crippen LogP contribution in [0.3, 0.4) is 0 Å². The van der Waals surface area contributed by atoms with E-state index in [9.17, 15) is 30.3 Å². The molecule has 0 aromatic carbocycles. The van der Waals surface area contributed by atoms with Crippen molar-refractivity contribution in [3.63, 3.8) is 0 Å². The van der Waals surface area contributed by atoms with Gasteiger partial charge >= 0.3 is 22.5 Å². The molecule has 5 nitrogen and oxygen atoms in total. The lowest BCUT2D eigenvalue weighted by Gasteiger charge is -2.35. The minimum atomic E-state index is -5.02. The molecule has 1 heterocycles. The van der Waals surface area contributed by atoms with Gasteiger partial charge in [0.25, 0.3) is 0 Å². The Balaban J connectivity index is 2.39. The van der Waals surface area contributed by atoms with E-state index in [0.717, 1.165) is 0 Å². The summed E-state index contributed by atoms with van der Waals surface area (Å²) in [5.74, 6) is -2.16. The van der Waals surface area contributed by atoms with Crippen molar-refractivity contribution in [2.24, 2.45) is 0 Å². The first kappa shape index (κ1) is 12.2. The van der Waals surface area contributed by atoms with E-state index in [1.165, 1.54) is 5.32 Å². The highest BCUT2D eigenvalue weighted by Crippen LogP contribution is 2.18. The summed E-state index contributed by atoms with van der Waals surface area (Å²) in [6.45, 7) is -0.971. The van der Waals surface area contributed by atoms with Crippen molar-refractivity contribution in [3.8, 4) is 0 Å². The molecule has 1 rings (SSSR count). The third-order valence-electron chi connectivity index (χ3n) is 1.75. The first-order valence-electron chi connectivity index (χ1n) is 3.68. The number of carbonyl (C=O) groups is 1. The van der Waals surface area contributed by atoms with Crippen molar-refractivity contribution in [1.29, 1.82) is 0 Å². The molecule has 0 unspecified atom stereocenters. The zero-order chi connectivity index (χ0) is 11.9. The molecule has 0 aliphatic carbocycles. The maximum atomic E-state index is 12.1. The minimum Gasteiger partial charge on any atom is -0.343 e. The molecule has 0 aromatic heterocycles. The van der Waals surface area contributed by atoms with Gasteiger partial charge in [0.15, 0.2) is 0 Å². The van der Waals surface area contributed by atoms with Crippen LogP contribution in [-0.2, 0) is 15.2 Å². The summed E-state index contributed by atoms with van der Waals surface area (Å²) in [5.41, 5.74) is 0. The summed E-state index contributed by atoms with van der Waals surface area (Å²) in [6, 6.07) is -0.996. The Morgan fingerprint density at radius 1 is 1.33 bits per heavy atom. The molecular weight excluding hydrogens is 244 g/mol. The van der Waals surface area contributed by atoms with E-state index in [1.54, 1.807) is 0 Å². The van der Waals surface area contributed by atoms with Gasteiger partial charge in [-0.3, -0.25) is 4.79 Å². The van der Waals surface area contributed by atoms with E-state index in [1.807, 2.05) is 0 Å². The van der Waals surface area contributed by atoms with Crippen molar-refractivity contribution in [2.45, 2.75) is 12.2 Å². The van der Waals surface area contributed by atoms with Crippen LogP contribution >= 0.6 is 0 Å². The van der Waals surface area contributed by atoms with Crippen LogP contribution < -0.4 is 5.32 Å². The predicted molar refractivity (Wildman–Crippen MR) is 39.6 cm³/mol. The van der Waals surface area contributed by atoms with Gasteiger partial charge in [-0.15, -0.1) is 0 Å². The summed E-state index contributed by atoms with van der Waals surface area (Å²) in [7, 11) is -4.87. The molecule has 0 saturated carbocycles. The highest BCUT2D eigenvalue weighted by molar-refractivity contribution is 7.84. The van der Waals surface area contributed by atoms with Crippen LogP contribution in [0, 0.1) is 0 Å². The monoisotopic (exact) mass is 250 g/mol. The first-order valence-corrected chi connectivity index (χ1v) is 5.02. The fourth-order valence-corrected chi connectivity index (χ4v) is 1.69. The number of carbonyl (C=O) groups excluding carboxylic acids is 1. The number of halogens is 4. The van der Waals surface area contributed by atoms with Crippen molar-refractivity contribution < 1.29 is 30.3 Å². The molecule has 0 radical (unpaired) electrons. The van der Waals surface area contributed by atoms with Crippen molar-refractivity contribution in [3.05, 3.63) is 0 Å². The van der Waals surface area contributed by atoms with E-state index < -0.39 is 41.6 Å². The number of hydrogen-bond donors (Lipinski definition) is 1. The number of rotatable bonds is 2. The molecule has 0 spiro atoms. The van der Waals surface area contributed by atoms with Crippen LogP contribution in [-0.4, -0.2) is 43.9 Å². The average Bonchev–Trinajstić information content (AvgIpc) is 1.90. The maximum Gasteiger partial charge on any atom is 0.471 e. The van der Waals surface area contributed by atoms with Crippen LogP contribution in [0.1, 0.15) is 0 Å². The molecule has 1 amide bonds. The molecule has 0 bridgehead atoms. The summed E-state index contributed by atoms with van der Waals surface area (Å²) < 4.78 is 67.8. The summed E-state index contributed by atoms with van der Waals surface area (Å²) in [6.07, 6.45) is -5.02. The van der Waals surface area contributed by atoms with Crippen LogP contribution in [0.2, 0.25) is 0 Å². The van der Waals surface area contributed by atoms with Gasteiger partial charge < -0.3 is 5.32 Å². The Morgan fingerprint density at radius 2 is 1.80 bits per heavy atom. The molecule has 1 N–H and O–H groups in total. The number of hydrogen-bond acceptors (Lipinski definition) is 3. The molecule has 10 heteroatoms. The number of amides is 1. The second-order valence-electron chi connectivity index (χ2n) is 2.93. The van der Waals surface area contributed by atoms with Crippen molar-refractivity contribution in [2.75, 3.05) is 13.1 Å². The van der Waals surface area contributed by atoms with E-state index in [2.05, 4.69) is 0 Å². The van der Waals surface area contributed by atoms with Gasteiger partial charge in [0.05, 0.1) is 6.04 Å². The quantitative estimate of drug-likeness (QED) is 0.534. The number of alkyl halides is 3. The highest BCUT2D eigenvalue weighted by atomic mass is 32.3. The van der Waals surface area contributed by atoms with Crippen molar-refractivity contribution in [1.82, 2.24) is 9.62 Å². The fourth-order valence-electron chi connectivity index (χ4n) is 0.975. The smallest absolute Gasteiger partial charge is 0.343 e. The Morgan fingerprint density at radius 3 is 2.13 bits per heavy atom. The van der Waals surface area contributed by atoms with Crippen LogP contribution in [0.5, 0.6) is 0 Å². The lowest BCUT2D eigenvalue weighted by molar-refractivity contribution is -0.175. The second-order valence-corrected chi connectivity index (χ2v) is 4.27. The lowest BCUT2D eigenvalue weighted by atomic mass is 10.2. The fraction of sp³-hybridized carbons (Fsp3) is 0.800. The highest BCUT2D eigenvalue weighted by Gasteiger charge is 2.43. The van der Waals surface area contributed by atoms with E-state index in [4.69, 9.17) is 0 Å². The second kappa shape index (κ2) is 3.59. The Kier molecular flexibility index (Phi) is 2.92. The number of nitrogens with zero attached hydrogens (tertiary/aromatic N) is 1. The average molecular weight is 250 g/mol. The van der Waals surface area contributed by atoms with Gasteiger partial charge in [-0.2, -0.15) is 25.9 Å². The van der Waals surface area contributed by atoms with Crippen molar-refractivity contribution >= 4 is 16.3 Å². The SMILES string of the molecule is O=C(NC1CN(S(=O)(=O)F)C1)C(F)(F)F. The molecule has 1 aliphatic heterocycles. The molecule has 88 valence electrons. The predicted octanol–water partition coefficient (Wildman–Crippen LogP) is -0.437. The third-order valence-corrected chi connectivity index (χ3v) is 2.66. The molecule has 1 saturated heterocycles. The van der Waals surface area contributed by atoms with Gasteiger partial charge in [0.2, 0.25) is 0 Å². The van der Waals surface area contributed by atoms with Crippen LogP contribution in [0.25, 0.3) is 0 Å². The van der Waals surface area contributed by atoms with Gasteiger partial charge in [-0.25, -0.2) is 0 Å². The van der Waals surface area contributed by atoms with Crippen LogP contribution in [0.15, 0.2) is 0 Å². The maximum absolute atomic E-state index is 12.1. The van der Waals surface area contributed by atoms with E-state index >= 15 is 0 Å². The summed E-state index contributed by atoms with van der Waals surface area (Å²) >= 11 is 0. The molecular formula is C5H6F4N2O3S. The zero-order valence-electron chi connectivity index (χ0n) is 7.08. The molecule has 1 fully saturated rings. The van der Waals surface area contributed by atoms with E-state index in [-0.39, 0.29) is 0 Å². The molecule has 1 aliphatic rings. The van der Waals surface area contributed by atoms with Gasteiger partial charge in [-0.1, -0.05) is 3.89 Å². The third kappa shape index (κ3) is 3.02. The van der Waals surface area contributed by atoms with Gasteiger partial charge in [0, 0.05) is 13.1 Å². The number of nitrogens with one attached hydrogen (secondary N) is 1. The Bertz CT molecular complexity index is 359. The zero-order valence-corrected chi connectivity index (χ0v) is 7.90. The standard InChI is InChI=1S/C5H6F4N2O3S/c6-5(7,8)4(12)10-3-1-11(2-3)15(9,13)14/h3H,1-2H2,(H,10,12). The van der Waals surface area contributed by atoms with Gasteiger partial charge in [-0.05, 0) is 0 Å². The Hall–Kier alpha value is -0.900. The van der Waals surface area contributed by atoms with Gasteiger partial charge in [0.1, 0.15) is 0 Å². The minimum absolute atomic E-state index is 0.314. The molecule has 15 heavy (non-hydrogen) atoms. The Labute approximate surface area is 82.4 Å². The molecule has 0 aromatic rings. The summed E-state index contributed by atoms with van der Waals surface area (Å²) in [4.78, 5) is 10.3. The molecule has 0 atom stereocenters. The van der Waals surface area contributed by atoms with Crippen LogP contribution in [0.4, 0.5) is 17.1 Å². The van der Waals surface area contributed by atoms with E-state index in [0.29, 0.717) is 4.31 Å². The topological polar surface area (TPSA) is 66.5 Å². The normalized spacial score (nSPS) is 19.7. The lowest BCUT2D eigenvalue weighted by Crippen LogP contribution is -2.61.